The fraction of sp³-hybridized carbons (Fsp3) is 0.208. The lowest BCUT2D eigenvalue weighted by Gasteiger charge is -2.17. The van der Waals surface area contributed by atoms with Crippen molar-refractivity contribution in [1.82, 2.24) is 10.9 Å². The number of thiocarbonyl (C=S) groups is 1. The number of non-ortho nitro benzene ring substituents is 1. The second-order valence-corrected chi connectivity index (χ2v) is 7.73. The van der Waals surface area contributed by atoms with Gasteiger partial charge in [-0.2, -0.15) is 0 Å². The average molecular weight is 515 g/mol. The molecule has 0 spiro atoms. The quantitative estimate of drug-likeness (QED) is 0.129. The Morgan fingerprint density at radius 3 is 2.14 bits per heavy atom. The van der Waals surface area contributed by atoms with Crippen LogP contribution in [-0.2, 0) is 6.61 Å². The van der Waals surface area contributed by atoms with E-state index in [1.807, 2.05) is 12.1 Å². The van der Waals surface area contributed by atoms with Crippen LogP contribution in [0.15, 0.2) is 60.7 Å². The summed E-state index contributed by atoms with van der Waals surface area (Å²) >= 11 is 5.17. The normalized spacial score (nSPS) is 11.2. The summed E-state index contributed by atoms with van der Waals surface area (Å²) in [4.78, 5) is 10.2. The summed E-state index contributed by atoms with van der Waals surface area (Å²) in [7, 11) is 4.64. The predicted molar refractivity (Wildman–Crippen MR) is 137 cm³/mol. The molecule has 0 saturated heterocycles. The number of anilines is 1. The Labute approximate surface area is 213 Å². The van der Waals surface area contributed by atoms with Crippen molar-refractivity contribution in [3.05, 3.63) is 81.9 Å². The molecule has 1 unspecified atom stereocenters. The number of methoxy groups -OCH3 is 3. The number of nitrogens with one attached hydrogen (secondary N) is 3. The molecule has 0 heterocycles. The molecule has 0 aliphatic rings. The molecule has 190 valence electrons. The summed E-state index contributed by atoms with van der Waals surface area (Å²) < 4.78 is 21.9. The van der Waals surface area contributed by atoms with E-state index in [1.54, 1.807) is 45.6 Å². The van der Waals surface area contributed by atoms with Crippen LogP contribution in [0.4, 0.5) is 11.4 Å². The minimum absolute atomic E-state index is 0.0242. The van der Waals surface area contributed by atoms with Crippen molar-refractivity contribution in [2.24, 2.45) is 0 Å². The lowest BCUT2D eigenvalue weighted by molar-refractivity contribution is -0.384. The second kappa shape index (κ2) is 12.5. The molecule has 0 aliphatic heterocycles. The minimum atomic E-state index is -1.06. The van der Waals surface area contributed by atoms with Gasteiger partial charge in [-0.3, -0.25) is 15.5 Å². The van der Waals surface area contributed by atoms with E-state index in [1.165, 1.54) is 24.3 Å². The summed E-state index contributed by atoms with van der Waals surface area (Å²) in [5, 5.41) is 24.1. The van der Waals surface area contributed by atoms with Crippen LogP contribution in [0.5, 0.6) is 23.0 Å². The van der Waals surface area contributed by atoms with Gasteiger partial charge in [-0.15, -0.1) is 0 Å². The second-order valence-electron chi connectivity index (χ2n) is 7.32. The van der Waals surface area contributed by atoms with Gasteiger partial charge >= 0.3 is 0 Å². The number of nitro benzene ring substituents is 1. The van der Waals surface area contributed by atoms with Gasteiger partial charge in [0.05, 0.1) is 26.3 Å². The largest absolute Gasteiger partial charge is 0.493 e. The van der Waals surface area contributed by atoms with Gasteiger partial charge in [0.2, 0.25) is 5.75 Å². The number of benzene rings is 3. The van der Waals surface area contributed by atoms with E-state index < -0.39 is 11.2 Å². The van der Waals surface area contributed by atoms with E-state index in [0.717, 1.165) is 5.56 Å². The summed E-state index contributed by atoms with van der Waals surface area (Å²) in [6, 6.07) is 16.3. The van der Waals surface area contributed by atoms with Gasteiger partial charge in [0, 0.05) is 17.8 Å². The molecule has 0 radical (unpaired) electrons. The smallest absolute Gasteiger partial charge is 0.269 e. The maximum atomic E-state index is 10.7. The van der Waals surface area contributed by atoms with E-state index in [9.17, 15) is 15.2 Å². The van der Waals surface area contributed by atoms with E-state index in [0.29, 0.717) is 34.2 Å². The first-order valence-electron chi connectivity index (χ1n) is 10.6. The lowest BCUT2D eigenvalue weighted by Crippen LogP contribution is -2.42. The molecular weight excluding hydrogens is 488 g/mol. The Bertz CT molecular complexity index is 1170. The third kappa shape index (κ3) is 6.95. The van der Waals surface area contributed by atoms with Gasteiger partial charge in [-0.1, -0.05) is 12.1 Å². The van der Waals surface area contributed by atoms with Crippen molar-refractivity contribution in [2.75, 3.05) is 26.6 Å². The van der Waals surface area contributed by atoms with E-state index in [-0.39, 0.29) is 17.4 Å². The van der Waals surface area contributed by atoms with Crippen LogP contribution in [-0.4, -0.2) is 36.5 Å². The lowest BCUT2D eigenvalue weighted by atomic mass is 10.2. The zero-order chi connectivity index (χ0) is 26.1. The molecule has 11 nitrogen and oxygen atoms in total. The minimum Gasteiger partial charge on any atom is -0.493 e. The molecule has 3 aromatic rings. The van der Waals surface area contributed by atoms with E-state index in [4.69, 9.17) is 31.2 Å². The molecule has 36 heavy (non-hydrogen) atoms. The molecule has 12 heteroatoms. The molecule has 0 aromatic heterocycles. The highest BCUT2D eigenvalue weighted by Crippen LogP contribution is 2.38. The van der Waals surface area contributed by atoms with Crippen molar-refractivity contribution in [3.63, 3.8) is 0 Å². The van der Waals surface area contributed by atoms with Gasteiger partial charge in [0.15, 0.2) is 16.6 Å². The Balaban J connectivity index is 1.51. The fourth-order valence-electron chi connectivity index (χ4n) is 3.18. The fourth-order valence-corrected chi connectivity index (χ4v) is 3.35. The third-order valence-electron chi connectivity index (χ3n) is 4.98. The molecule has 0 saturated carbocycles. The van der Waals surface area contributed by atoms with Crippen molar-refractivity contribution < 1.29 is 29.0 Å². The number of nitrogens with zero attached hydrogens (tertiary/aromatic N) is 1. The summed E-state index contributed by atoms with van der Waals surface area (Å²) in [5.74, 6) is 2.18. The predicted octanol–water partition coefficient (Wildman–Crippen LogP) is 3.68. The van der Waals surface area contributed by atoms with Crippen LogP contribution in [0.1, 0.15) is 17.4 Å². The molecule has 0 fully saturated rings. The molecule has 0 aliphatic carbocycles. The van der Waals surface area contributed by atoms with Crippen molar-refractivity contribution in [3.8, 4) is 23.0 Å². The zero-order valence-corrected chi connectivity index (χ0v) is 20.6. The number of rotatable bonds is 11. The standard InChI is InChI=1S/C24H26N4O7S/c1-32-20-12-15(13-21(33-2)22(20)34-3)14-35-19-10-4-16(5-11-19)23(29)26-27-24(36)25-17-6-8-18(9-7-17)28(30)31/h4-13,23,26,29H,14H2,1-3H3,(H2,25,27,36). The Morgan fingerprint density at radius 1 is 1.00 bits per heavy atom. The summed E-state index contributed by atoms with van der Waals surface area (Å²) in [5.41, 5.74) is 7.29. The number of hydrogen-bond acceptors (Lipinski definition) is 9. The third-order valence-corrected chi connectivity index (χ3v) is 5.19. The van der Waals surface area contributed by atoms with Crippen LogP contribution in [0.2, 0.25) is 0 Å². The number of aliphatic hydroxyl groups excluding tert-OH is 1. The highest BCUT2D eigenvalue weighted by molar-refractivity contribution is 7.80. The maximum absolute atomic E-state index is 10.7. The molecule has 0 bridgehead atoms. The van der Waals surface area contributed by atoms with Crippen LogP contribution >= 0.6 is 12.2 Å². The van der Waals surface area contributed by atoms with Crippen LogP contribution in [0.3, 0.4) is 0 Å². The zero-order valence-electron chi connectivity index (χ0n) is 19.8. The molecule has 3 rings (SSSR count). The Morgan fingerprint density at radius 2 is 1.61 bits per heavy atom. The number of nitro groups is 1. The van der Waals surface area contributed by atoms with Crippen molar-refractivity contribution >= 4 is 28.7 Å². The van der Waals surface area contributed by atoms with Crippen LogP contribution in [0, 0.1) is 10.1 Å². The first-order valence-corrected chi connectivity index (χ1v) is 11.0. The highest BCUT2D eigenvalue weighted by Gasteiger charge is 2.14. The average Bonchev–Trinajstić information content (AvgIpc) is 2.90. The van der Waals surface area contributed by atoms with E-state index in [2.05, 4.69) is 16.2 Å². The van der Waals surface area contributed by atoms with Crippen molar-refractivity contribution in [2.45, 2.75) is 12.8 Å². The van der Waals surface area contributed by atoms with Gasteiger partial charge in [-0.05, 0) is 59.7 Å². The van der Waals surface area contributed by atoms with Crippen molar-refractivity contribution in [1.29, 1.82) is 0 Å². The SMILES string of the molecule is COc1cc(COc2ccc(C(O)NNC(=S)Nc3ccc([N+](=O)[O-])cc3)cc2)cc(OC)c1OC. The van der Waals surface area contributed by atoms with Crippen LogP contribution in [0.25, 0.3) is 0 Å². The van der Waals surface area contributed by atoms with Gasteiger partial charge < -0.3 is 29.4 Å². The Hall–Kier alpha value is -4.13. The monoisotopic (exact) mass is 514 g/mol. The van der Waals surface area contributed by atoms with E-state index >= 15 is 0 Å². The molecule has 4 N–H and O–H groups in total. The first-order chi connectivity index (χ1) is 17.3. The summed E-state index contributed by atoms with van der Waals surface area (Å²) in [6.07, 6.45) is -1.06. The Kier molecular flexibility index (Phi) is 9.22. The topological polar surface area (TPSA) is 136 Å². The number of hydrogen-bond donors (Lipinski definition) is 4. The molecule has 1 atom stereocenters. The van der Waals surface area contributed by atoms with Gasteiger partial charge in [0.25, 0.3) is 5.69 Å². The highest BCUT2D eigenvalue weighted by atomic mass is 32.1. The number of hydrazine groups is 1. The molecule has 0 amide bonds. The molecule has 3 aromatic carbocycles. The summed E-state index contributed by atoms with van der Waals surface area (Å²) in [6.45, 7) is 0.265. The van der Waals surface area contributed by atoms with Gasteiger partial charge in [-0.25, -0.2) is 5.43 Å². The molecular formula is C24H26N4O7S. The van der Waals surface area contributed by atoms with Gasteiger partial charge in [0.1, 0.15) is 18.6 Å². The number of aliphatic hydroxyl groups is 1. The van der Waals surface area contributed by atoms with Crippen LogP contribution < -0.4 is 35.1 Å². The first kappa shape index (κ1) is 26.5. The number of ether oxygens (including phenoxy) is 4. The maximum Gasteiger partial charge on any atom is 0.269 e.